The summed E-state index contributed by atoms with van der Waals surface area (Å²) in [5.41, 5.74) is 6.89. The second kappa shape index (κ2) is 7.97. The van der Waals surface area contributed by atoms with Gasteiger partial charge in [-0.3, -0.25) is 0 Å². The van der Waals surface area contributed by atoms with Crippen molar-refractivity contribution >= 4 is 27.4 Å². The molecule has 0 bridgehead atoms. The fourth-order valence-corrected chi connectivity index (χ4v) is 3.34. The zero-order valence-electron chi connectivity index (χ0n) is 14.0. The van der Waals surface area contributed by atoms with E-state index in [0.717, 1.165) is 0 Å². The van der Waals surface area contributed by atoms with E-state index in [1.54, 1.807) is 6.92 Å². The van der Waals surface area contributed by atoms with Gasteiger partial charge in [0.1, 0.15) is 0 Å². The van der Waals surface area contributed by atoms with Crippen LogP contribution in [0.1, 0.15) is 12.0 Å². The maximum atomic E-state index is 12.3. The second-order valence-corrected chi connectivity index (χ2v) is 7.78. The summed E-state index contributed by atoms with van der Waals surface area (Å²) in [7, 11) is -4.10. The van der Waals surface area contributed by atoms with Gasteiger partial charge < -0.3 is 10.8 Å². The van der Waals surface area contributed by atoms with Gasteiger partial charge in [0.15, 0.2) is 17.1 Å². The number of hydrogen-bond acceptors (Lipinski definition) is 6. The van der Waals surface area contributed by atoms with Crippen LogP contribution in [0.2, 0.25) is 5.15 Å². The Morgan fingerprint density at radius 3 is 2.63 bits per heavy atom. The van der Waals surface area contributed by atoms with Crippen molar-refractivity contribution in [3.8, 4) is 11.3 Å². The molecule has 27 heavy (non-hydrogen) atoms. The highest BCUT2D eigenvalue weighted by Gasteiger charge is 2.37. The van der Waals surface area contributed by atoms with E-state index in [9.17, 15) is 21.6 Å². The minimum atomic E-state index is -4.81. The molecule has 0 saturated heterocycles. The van der Waals surface area contributed by atoms with Crippen molar-refractivity contribution in [2.45, 2.75) is 30.5 Å². The first-order chi connectivity index (χ1) is 12.4. The average Bonchev–Trinajstić information content (AvgIpc) is 2.56. The minimum Gasteiger partial charge on any atom is -0.384 e. The zero-order chi connectivity index (χ0) is 20.4. The lowest BCUT2D eigenvalue weighted by Crippen LogP contribution is -2.34. The van der Waals surface area contributed by atoms with E-state index in [-0.39, 0.29) is 21.6 Å². The third kappa shape index (κ3) is 5.28. The predicted octanol–water partition coefficient (Wildman–Crippen LogP) is 2.28. The van der Waals surface area contributed by atoms with Crippen molar-refractivity contribution in [2.24, 2.45) is 0 Å². The Morgan fingerprint density at radius 2 is 2.04 bits per heavy atom. The Hall–Kier alpha value is -1.95. The molecule has 7 nitrogen and oxygen atoms in total. The normalized spacial score (nSPS) is 13.6. The van der Waals surface area contributed by atoms with Crippen LogP contribution in [0.3, 0.4) is 0 Å². The number of aliphatic hydroxyl groups excluding tert-OH is 1. The first kappa shape index (κ1) is 21.4. The molecule has 0 unspecified atom stereocenters. The molecule has 1 heterocycles. The van der Waals surface area contributed by atoms with Gasteiger partial charge in [-0.2, -0.15) is 13.2 Å². The summed E-state index contributed by atoms with van der Waals surface area (Å²) in [4.78, 5) is 7.73. The van der Waals surface area contributed by atoms with E-state index in [0.29, 0.717) is 11.1 Å². The van der Waals surface area contributed by atoms with Crippen LogP contribution in [0.15, 0.2) is 29.3 Å². The topological polar surface area (TPSA) is 118 Å². The van der Waals surface area contributed by atoms with Gasteiger partial charge in [-0.1, -0.05) is 17.7 Å². The van der Waals surface area contributed by atoms with E-state index in [1.165, 1.54) is 24.4 Å². The fourth-order valence-electron chi connectivity index (χ4n) is 2.13. The highest BCUT2D eigenvalue weighted by molar-refractivity contribution is 7.89. The molecule has 0 saturated carbocycles. The molecule has 0 radical (unpaired) electrons. The Balaban J connectivity index is 2.24. The molecule has 0 spiro atoms. The molecule has 1 atom stereocenters. The highest BCUT2D eigenvalue weighted by Crippen LogP contribution is 2.27. The number of aromatic nitrogens is 2. The molecule has 1 aromatic heterocycles. The standard InChI is InChI=1S/C15H16ClF3N4O3S/c1-8-2-3-9(6-10(8)11-7-21-14(20)13(16)23-11)27(25,26)22-5-4-12(24)15(17,18)19/h2-3,6-7,12,22,24H,4-5H2,1H3,(H2,20,21)/t12-/m1/s1. The summed E-state index contributed by atoms with van der Waals surface area (Å²) in [5.74, 6) is 0.0201. The maximum absolute atomic E-state index is 12.3. The molecular formula is C15H16ClF3N4O3S. The molecule has 0 amide bonds. The lowest BCUT2D eigenvalue weighted by Gasteiger charge is -2.15. The van der Waals surface area contributed by atoms with E-state index >= 15 is 0 Å². The summed E-state index contributed by atoms with van der Waals surface area (Å²) in [6.07, 6.45) is -6.90. The first-order valence-corrected chi connectivity index (χ1v) is 9.41. The lowest BCUT2D eigenvalue weighted by atomic mass is 10.1. The largest absolute Gasteiger partial charge is 0.414 e. The number of anilines is 1. The second-order valence-electron chi connectivity index (χ2n) is 5.65. The molecule has 0 fully saturated rings. The van der Waals surface area contributed by atoms with Crippen LogP contribution in [0.5, 0.6) is 0 Å². The van der Waals surface area contributed by atoms with Crippen molar-refractivity contribution in [3.05, 3.63) is 35.1 Å². The molecule has 0 aliphatic heterocycles. The van der Waals surface area contributed by atoms with Gasteiger partial charge in [0, 0.05) is 12.1 Å². The van der Waals surface area contributed by atoms with Gasteiger partial charge in [-0.15, -0.1) is 0 Å². The summed E-state index contributed by atoms with van der Waals surface area (Å²) in [6.45, 7) is 1.13. The predicted molar refractivity (Wildman–Crippen MR) is 93.5 cm³/mol. The van der Waals surface area contributed by atoms with Crippen molar-refractivity contribution < 1.29 is 26.7 Å². The van der Waals surface area contributed by atoms with Crippen LogP contribution in [0.25, 0.3) is 11.3 Å². The third-order valence-electron chi connectivity index (χ3n) is 3.64. The number of rotatable bonds is 6. The molecule has 1 aromatic carbocycles. The molecule has 0 aliphatic rings. The Morgan fingerprint density at radius 1 is 1.37 bits per heavy atom. The highest BCUT2D eigenvalue weighted by atomic mass is 35.5. The number of nitrogen functional groups attached to an aromatic ring is 1. The number of nitrogens with zero attached hydrogens (tertiary/aromatic N) is 2. The monoisotopic (exact) mass is 424 g/mol. The van der Waals surface area contributed by atoms with E-state index in [4.69, 9.17) is 22.4 Å². The summed E-state index contributed by atoms with van der Waals surface area (Å²) in [5, 5.41) is 8.89. The summed E-state index contributed by atoms with van der Waals surface area (Å²) < 4.78 is 63.5. The van der Waals surface area contributed by atoms with Crippen LogP contribution in [0, 0.1) is 6.92 Å². The average molecular weight is 425 g/mol. The van der Waals surface area contributed by atoms with Crippen LogP contribution in [-0.4, -0.2) is 42.3 Å². The van der Waals surface area contributed by atoms with Crippen molar-refractivity contribution in [1.82, 2.24) is 14.7 Å². The number of aliphatic hydroxyl groups is 1. The first-order valence-electron chi connectivity index (χ1n) is 7.55. The number of aryl methyl sites for hydroxylation is 1. The molecule has 12 heteroatoms. The van der Waals surface area contributed by atoms with Gasteiger partial charge in [-0.05, 0) is 31.0 Å². The molecule has 4 N–H and O–H groups in total. The molecule has 2 aromatic rings. The number of nitrogens with one attached hydrogen (secondary N) is 1. The summed E-state index contributed by atoms with van der Waals surface area (Å²) in [6, 6.07) is 4.11. The van der Waals surface area contributed by atoms with Crippen LogP contribution in [0.4, 0.5) is 19.0 Å². The number of hydrogen-bond donors (Lipinski definition) is 3. The maximum Gasteiger partial charge on any atom is 0.414 e. The quantitative estimate of drug-likeness (QED) is 0.654. The van der Waals surface area contributed by atoms with Crippen LogP contribution >= 0.6 is 11.6 Å². The molecular weight excluding hydrogens is 409 g/mol. The van der Waals surface area contributed by atoms with Gasteiger partial charge in [-0.25, -0.2) is 23.1 Å². The SMILES string of the molecule is Cc1ccc(S(=O)(=O)NCC[C@@H](O)C(F)(F)F)cc1-c1cnc(N)c(Cl)n1. The zero-order valence-corrected chi connectivity index (χ0v) is 15.5. The van der Waals surface area contributed by atoms with Gasteiger partial charge >= 0.3 is 6.18 Å². The number of sulfonamides is 1. The number of nitrogens with two attached hydrogens (primary N) is 1. The van der Waals surface area contributed by atoms with Crippen molar-refractivity contribution in [1.29, 1.82) is 0 Å². The van der Waals surface area contributed by atoms with E-state index in [1.807, 2.05) is 4.72 Å². The van der Waals surface area contributed by atoms with Gasteiger partial charge in [0.2, 0.25) is 10.0 Å². The van der Waals surface area contributed by atoms with E-state index in [2.05, 4.69) is 9.97 Å². The number of alkyl halides is 3. The fraction of sp³-hybridized carbons (Fsp3) is 0.333. The Kier molecular flexibility index (Phi) is 6.30. The lowest BCUT2D eigenvalue weighted by molar-refractivity contribution is -0.204. The van der Waals surface area contributed by atoms with Gasteiger partial charge in [0.25, 0.3) is 0 Å². The van der Waals surface area contributed by atoms with E-state index < -0.39 is 35.3 Å². The number of halogens is 4. The third-order valence-corrected chi connectivity index (χ3v) is 5.38. The Bertz CT molecular complexity index is 938. The molecule has 2 rings (SSSR count). The van der Waals surface area contributed by atoms with Crippen molar-refractivity contribution in [2.75, 3.05) is 12.3 Å². The van der Waals surface area contributed by atoms with Crippen LogP contribution < -0.4 is 10.5 Å². The van der Waals surface area contributed by atoms with Crippen LogP contribution in [-0.2, 0) is 10.0 Å². The smallest absolute Gasteiger partial charge is 0.384 e. The van der Waals surface area contributed by atoms with Crippen molar-refractivity contribution in [3.63, 3.8) is 0 Å². The van der Waals surface area contributed by atoms with Gasteiger partial charge in [0.05, 0.1) is 16.8 Å². The minimum absolute atomic E-state index is 0.0201. The Labute approximate surface area is 158 Å². The molecule has 148 valence electrons. The number of benzene rings is 1. The summed E-state index contributed by atoms with van der Waals surface area (Å²) >= 11 is 5.84. The molecule has 0 aliphatic carbocycles.